The molecular formula is C9H9F2N. The van der Waals surface area contributed by atoms with Gasteiger partial charge in [0, 0.05) is 12.1 Å². The first-order valence-corrected chi connectivity index (χ1v) is 3.91. The Morgan fingerprint density at radius 1 is 1.42 bits per heavy atom. The molecule has 0 saturated heterocycles. The number of hydrogen-bond donors (Lipinski definition) is 1. The van der Waals surface area contributed by atoms with Gasteiger partial charge in [0.05, 0.1) is 5.69 Å². The fourth-order valence-electron chi connectivity index (χ4n) is 1.58. The molecule has 2 rings (SSSR count). The molecule has 1 unspecified atom stereocenters. The van der Waals surface area contributed by atoms with Gasteiger partial charge < -0.3 is 5.32 Å². The Labute approximate surface area is 69.4 Å². The first kappa shape index (κ1) is 7.53. The van der Waals surface area contributed by atoms with Crippen molar-refractivity contribution in [3.63, 3.8) is 0 Å². The highest BCUT2D eigenvalue weighted by atomic mass is 19.1. The highest BCUT2D eigenvalue weighted by molar-refractivity contribution is 5.57. The average Bonchev–Trinajstić information content (AvgIpc) is 2.29. The Bertz CT molecular complexity index is 323. The zero-order chi connectivity index (χ0) is 8.72. The second-order valence-corrected chi connectivity index (χ2v) is 3.17. The predicted molar refractivity (Wildman–Crippen MR) is 43.1 cm³/mol. The van der Waals surface area contributed by atoms with Gasteiger partial charge in [0.15, 0.2) is 0 Å². The first-order chi connectivity index (χ1) is 5.66. The minimum Gasteiger partial charge on any atom is -0.380 e. The Balaban J connectivity index is 2.52. The summed E-state index contributed by atoms with van der Waals surface area (Å²) in [5, 5.41) is 2.95. The second kappa shape index (κ2) is 2.44. The third-order valence-electron chi connectivity index (χ3n) is 2.05. The molecule has 1 aromatic rings. The third-order valence-corrected chi connectivity index (χ3v) is 2.05. The van der Waals surface area contributed by atoms with Crippen molar-refractivity contribution in [1.82, 2.24) is 0 Å². The van der Waals surface area contributed by atoms with Gasteiger partial charge in [-0.1, -0.05) is 0 Å². The Hall–Kier alpha value is -1.12. The van der Waals surface area contributed by atoms with Crippen LogP contribution in [0.5, 0.6) is 0 Å². The van der Waals surface area contributed by atoms with Crippen molar-refractivity contribution in [2.75, 3.05) is 5.32 Å². The minimum absolute atomic E-state index is 0.205. The molecular weight excluding hydrogens is 160 g/mol. The zero-order valence-corrected chi connectivity index (χ0v) is 6.70. The van der Waals surface area contributed by atoms with Gasteiger partial charge in [-0.2, -0.15) is 0 Å². The summed E-state index contributed by atoms with van der Waals surface area (Å²) < 4.78 is 25.7. The van der Waals surface area contributed by atoms with Crippen molar-refractivity contribution in [2.45, 2.75) is 19.4 Å². The SMILES string of the molecule is CC1Cc2cc(F)cc(F)c2N1. The van der Waals surface area contributed by atoms with Crippen LogP contribution in [0.1, 0.15) is 12.5 Å². The van der Waals surface area contributed by atoms with E-state index in [0.29, 0.717) is 12.1 Å². The molecule has 3 heteroatoms. The Morgan fingerprint density at radius 3 is 2.92 bits per heavy atom. The van der Waals surface area contributed by atoms with E-state index in [1.807, 2.05) is 6.92 Å². The van der Waals surface area contributed by atoms with Crippen molar-refractivity contribution in [3.05, 3.63) is 29.3 Å². The molecule has 1 aliphatic heterocycles. The van der Waals surface area contributed by atoms with Crippen LogP contribution in [-0.4, -0.2) is 6.04 Å². The van der Waals surface area contributed by atoms with E-state index in [1.54, 1.807) is 0 Å². The van der Waals surface area contributed by atoms with Crippen LogP contribution in [0.15, 0.2) is 12.1 Å². The lowest BCUT2D eigenvalue weighted by Gasteiger charge is -2.02. The van der Waals surface area contributed by atoms with Crippen LogP contribution < -0.4 is 5.32 Å². The summed E-state index contributed by atoms with van der Waals surface area (Å²) in [5.74, 6) is -0.989. The molecule has 64 valence electrons. The van der Waals surface area contributed by atoms with Crippen LogP contribution in [0.3, 0.4) is 0 Å². The Kier molecular flexibility index (Phi) is 1.53. The number of nitrogens with one attached hydrogen (secondary N) is 1. The predicted octanol–water partition coefficient (Wildman–Crippen LogP) is 2.32. The number of hydrogen-bond acceptors (Lipinski definition) is 1. The molecule has 1 N–H and O–H groups in total. The molecule has 0 spiro atoms. The monoisotopic (exact) mass is 169 g/mol. The molecule has 1 atom stereocenters. The van der Waals surface area contributed by atoms with Gasteiger partial charge in [-0.05, 0) is 25.0 Å². The minimum atomic E-state index is -0.498. The van der Waals surface area contributed by atoms with Crippen LogP contribution >= 0.6 is 0 Å². The zero-order valence-electron chi connectivity index (χ0n) is 6.70. The number of benzene rings is 1. The molecule has 1 aliphatic rings. The van der Waals surface area contributed by atoms with E-state index >= 15 is 0 Å². The summed E-state index contributed by atoms with van der Waals surface area (Å²) in [5.41, 5.74) is 1.20. The van der Waals surface area contributed by atoms with E-state index < -0.39 is 11.6 Å². The van der Waals surface area contributed by atoms with E-state index in [4.69, 9.17) is 0 Å². The normalized spacial score (nSPS) is 20.4. The van der Waals surface area contributed by atoms with Crippen LogP contribution in [-0.2, 0) is 6.42 Å². The number of fused-ring (bicyclic) bond motifs is 1. The molecule has 0 bridgehead atoms. The molecule has 0 fully saturated rings. The summed E-state index contributed by atoms with van der Waals surface area (Å²) >= 11 is 0. The lowest BCUT2D eigenvalue weighted by Crippen LogP contribution is -2.08. The summed E-state index contributed by atoms with van der Waals surface area (Å²) in [6, 6.07) is 2.50. The third kappa shape index (κ3) is 1.05. The van der Waals surface area contributed by atoms with Crippen LogP contribution in [0, 0.1) is 11.6 Å². The van der Waals surface area contributed by atoms with Crippen LogP contribution in [0.2, 0.25) is 0 Å². The molecule has 1 heterocycles. The van der Waals surface area contributed by atoms with E-state index in [0.717, 1.165) is 11.6 Å². The van der Waals surface area contributed by atoms with E-state index in [2.05, 4.69) is 5.32 Å². The van der Waals surface area contributed by atoms with Crippen LogP contribution in [0.25, 0.3) is 0 Å². The highest BCUT2D eigenvalue weighted by Gasteiger charge is 2.20. The number of rotatable bonds is 0. The van der Waals surface area contributed by atoms with Crippen molar-refractivity contribution in [3.8, 4) is 0 Å². The largest absolute Gasteiger partial charge is 0.380 e. The van der Waals surface area contributed by atoms with E-state index in [9.17, 15) is 8.78 Å². The maximum absolute atomic E-state index is 13.0. The van der Waals surface area contributed by atoms with Crippen molar-refractivity contribution in [1.29, 1.82) is 0 Å². The van der Waals surface area contributed by atoms with Crippen LogP contribution in [0.4, 0.5) is 14.5 Å². The molecule has 0 aromatic heterocycles. The van der Waals surface area contributed by atoms with Gasteiger partial charge in [-0.3, -0.25) is 0 Å². The standard InChI is InChI=1S/C9H9F2N/c1-5-2-6-3-7(10)4-8(11)9(6)12-5/h3-5,12H,2H2,1H3. The van der Waals surface area contributed by atoms with E-state index in [1.165, 1.54) is 6.07 Å². The highest BCUT2D eigenvalue weighted by Crippen LogP contribution is 2.29. The first-order valence-electron chi connectivity index (χ1n) is 3.91. The lowest BCUT2D eigenvalue weighted by atomic mass is 10.1. The van der Waals surface area contributed by atoms with Gasteiger partial charge in [-0.15, -0.1) is 0 Å². The quantitative estimate of drug-likeness (QED) is 0.628. The molecule has 0 amide bonds. The molecule has 12 heavy (non-hydrogen) atoms. The molecule has 0 aliphatic carbocycles. The van der Waals surface area contributed by atoms with Gasteiger partial charge in [-0.25, -0.2) is 8.78 Å². The second-order valence-electron chi connectivity index (χ2n) is 3.17. The van der Waals surface area contributed by atoms with Gasteiger partial charge in [0.2, 0.25) is 0 Å². The fraction of sp³-hybridized carbons (Fsp3) is 0.333. The van der Waals surface area contributed by atoms with Crippen molar-refractivity contribution in [2.24, 2.45) is 0 Å². The maximum Gasteiger partial charge on any atom is 0.149 e. The molecule has 1 nitrogen and oxygen atoms in total. The Morgan fingerprint density at radius 2 is 2.17 bits per heavy atom. The van der Waals surface area contributed by atoms with Crippen molar-refractivity contribution >= 4 is 5.69 Å². The average molecular weight is 169 g/mol. The summed E-state index contributed by atoms with van der Waals surface area (Å²) in [7, 11) is 0. The lowest BCUT2D eigenvalue weighted by molar-refractivity contribution is 0.585. The summed E-state index contributed by atoms with van der Waals surface area (Å²) in [6.07, 6.45) is 0.698. The number of halogens is 2. The smallest absolute Gasteiger partial charge is 0.149 e. The van der Waals surface area contributed by atoms with Crippen molar-refractivity contribution < 1.29 is 8.78 Å². The number of anilines is 1. The fourth-order valence-corrected chi connectivity index (χ4v) is 1.58. The molecule has 0 radical (unpaired) electrons. The van der Waals surface area contributed by atoms with Gasteiger partial charge >= 0.3 is 0 Å². The van der Waals surface area contributed by atoms with E-state index in [-0.39, 0.29) is 6.04 Å². The summed E-state index contributed by atoms with van der Waals surface area (Å²) in [4.78, 5) is 0. The molecule has 1 aromatic carbocycles. The molecule has 0 saturated carbocycles. The maximum atomic E-state index is 13.0. The summed E-state index contributed by atoms with van der Waals surface area (Å²) in [6.45, 7) is 1.94. The van der Waals surface area contributed by atoms with Gasteiger partial charge in [0.1, 0.15) is 11.6 Å². The van der Waals surface area contributed by atoms with Gasteiger partial charge in [0.25, 0.3) is 0 Å². The topological polar surface area (TPSA) is 12.0 Å².